The van der Waals surface area contributed by atoms with Gasteiger partial charge >= 0.3 is 0 Å². The van der Waals surface area contributed by atoms with E-state index in [0.717, 1.165) is 42.0 Å². The Labute approximate surface area is 143 Å². The van der Waals surface area contributed by atoms with Crippen molar-refractivity contribution in [3.63, 3.8) is 0 Å². The van der Waals surface area contributed by atoms with Crippen molar-refractivity contribution in [3.05, 3.63) is 53.7 Å². The van der Waals surface area contributed by atoms with Gasteiger partial charge in [0.25, 0.3) is 5.91 Å². The number of piperazine rings is 1. The van der Waals surface area contributed by atoms with Gasteiger partial charge in [0.15, 0.2) is 0 Å². The highest BCUT2D eigenvalue weighted by molar-refractivity contribution is 5.97. The van der Waals surface area contributed by atoms with Crippen LogP contribution >= 0.6 is 12.4 Å². The first-order valence-corrected chi connectivity index (χ1v) is 7.70. The summed E-state index contributed by atoms with van der Waals surface area (Å²) < 4.78 is 0. The van der Waals surface area contributed by atoms with Crippen molar-refractivity contribution in [2.45, 2.75) is 19.9 Å². The van der Waals surface area contributed by atoms with Crippen LogP contribution in [0.2, 0.25) is 0 Å². The van der Waals surface area contributed by atoms with Gasteiger partial charge in [-0.2, -0.15) is 0 Å². The number of halogens is 1. The van der Waals surface area contributed by atoms with Gasteiger partial charge in [-0.25, -0.2) is 0 Å². The first kappa shape index (κ1) is 17.4. The number of nitrogens with zero attached hydrogens (tertiary/aromatic N) is 2. The molecule has 122 valence electrons. The molecule has 4 nitrogen and oxygen atoms in total. The molecule has 1 N–H and O–H groups in total. The van der Waals surface area contributed by atoms with Crippen LogP contribution < -0.4 is 5.32 Å². The smallest absolute Gasteiger partial charge is 0.254 e. The lowest BCUT2D eigenvalue weighted by Crippen LogP contribution is -2.51. The molecular formula is C18H22ClN3O. The number of carbonyl (C=O) groups is 1. The Hall–Kier alpha value is -1.91. The molecule has 1 aromatic heterocycles. The predicted molar refractivity (Wildman–Crippen MR) is 95.0 cm³/mol. The molecule has 2 heterocycles. The minimum atomic E-state index is 0. The summed E-state index contributed by atoms with van der Waals surface area (Å²) in [5.41, 5.74) is 3.70. The molecule has 1 atom stereocenters. The third kappa shape index (κ3) is 3.71. The second-order valence-electron chi connectivity index (χ2n) is 5.80. The standard InChI is InChI=1S/C18H21N3O.ClH/c1-13-12-21(11-10-19-13)18(22)16-7-5-6-15(14(16)2)17-8-3-4-9-20-17;/h3-9,13,19H,10-12H2,1-2H3;1H/t13-;/m1./s1. The molecule has 1 fully saturated rings. The van der Waals surface area contributed by atoms with Crippen LogP contribution in [-0.4, -0.2) is 41.5 Å². The molecule has 1 saturated heterocycles. The van der Waals surface area contributed by atoms with E-state index < -0.39 is 0 Å². The normalized spacial score (nSPS) is 17.5. The Morgan fingerprint density at radius 2 is 2.09 bits per heavy atom. The van der Waals surface area contributed by atoms with Crippen LogP contribution in [0, 0.1) is 6.92 Å². The molecule has 1 amide bonds. The molecule has 2 aromatic rings. The van der Waals surface area contributed by atoms with E-state index in [9.17, 15) is 4.79 Å². The van der Waals surface area contributed by atoms with Gasteiger partial charge in [0.2, 0.25) is 0 Å². The summed E-state index contributed by atoms with van der Waals surface area (Å²) in [5.74, 6) is 0.114. The van der Waals surface area contributed by atoms with Crippen LogP contribution in [0.15, 0.2) is 42.6 Å². The fourth-order valence-electron chi connectivity index (χ4n) is 2.95. The molecule has 1 aromatic carbocycles. The SMILES string of the molecule is Cc1c(C(=O)N2CCN[C@H](C)C2)cccc1-c1ccccn1.Cl. The Morgan fingerprint density at radius 3 is 2.78 bits per heavy atom. The number of amides is 1. The number of benzene rings is 1. The summed E-state index contributed by atoms with van der Waals surface area (Å²) in [4.78, 5) is 19.2. The molecule has 0 unspecified atom stereocenters. The number of nitrogens with one attached hydrogen (secondary N) is 1. The van der Waals surface area contributed by atoms with E-state index in [1.54, 1.807) is 6.20 Å². The second kappa shape index (κ2) is 7.57. The molecule has 5 heteroatoms. The third-order valence-corrected chi connectivity index (χ3v) is 4.16. The van der Waals surface area contributed by atoms with Crippen LogP contribution in [0.3, 0.4) is 0 Å². The molecule has 1 aliphatic heterocycles. The van der Waals surface area contributed by atoms with Gasteiger partial charge < -0.3 is 10.2 Å². The molecule has 0 saturated carbocycles. The maximum absolute atomic E-state index is 12.8. The Bertz CT molecular complexity index is 675. The summed E-state index contributed by atoms with van der Waals surface area (Å²) in [6.07, 6.45) is 1.78. The molecule has 1 aliphatic rings. The van der Waals surface area contributed by atoms with Crippen LogP contribution in [0.4, 0.5) is 0 Å². The summed E-state index contributed by atoms with van der Waals surface area (Å²) in [6, 6.07) is 12.1. The first-order valence-electron chi connectivity index (χ1n) is 7.70. The lowest BCUT2D eigenvalue weighted by atomic mass is 9.98. The van der Waals surface area contributed by atoms with Crippen molar-refractivity contribution in [3.8, 4) is 11.3 Å². The van der Waals surface area contributed by atoms with Gasteiger partial charge in [0, 0.05) is 43.0 Å². The van der Waals surface area contributed by atoms with Crippen molar-refractivity contribution in [1.29, 1.82) is 0 Å². The first-order chi connectivity index (χ1) is 10.7. The molecular weight excluding hydrogens is 310 g/mol. The molecule has 0 radical (unpaired) electrons. The van der Waals surface area contributed by atoms with Crippen molar-refractivity contribution in [1.82, 2.24) is 15.2 Å². The van der Waals surface area contributed by atoms with Crippen molar-refractivity contribution >= 4 is 18.3 Å². The summed E-state index contributed by atoms with van der Waals surface area (Å²) in [7, 11) is 0. The number of hydrogen-bond acceptors (Lipinski definition) is 3. The average Bonchev–Trinajstić information content (AvgIpc) is 2.55. The van der Waals surface area contributed by atoms with Gasteiger partial charge in [-0.15, -0.1) is 12.4 Å². The zero-order valence-corrected chi connectivity index (χ0v) is 14.3. The number of carbonyl (C=O) groups excluding carboxylic acids is 1. The monoisotopic (exact) mass is 331 g/mol. The van der Waals surface area contributed by atoms with Crippen molar-refractivity contribution in [2.24, 2.45) is 0 Å². The maximum Gasteiger partial charge on any atom is 0.254 e. The number of hydrogen-bond donors (Lipinski definition) is 1. The predicted octanol–water partition coefficient (Wildman–Crippen LogP) is 2.91. The van der Waals surface area contributed by atoms with Crippen molar-refractivity contribution < 1.29 is 4.79 Å². The Balaban J connectivity index is 0.00000192. The van der Waals surface area contributed by atoms with Crippen LogP contribution in [0.25, 0.3) is 11.3 Å². The van der Waals surface area contributed by atoms with E-state index in [-0.39, 0.29) is 18.3 Å². The average molecular weight is 332 g/mol. The van der Waals surface area contributed by atoms with Crippen LogP contribution in [0.1, 0.15) is 22.8 Å². The van der Waals surface area contributed by atoms with Gasteiger partial charge in [-0.05, 0) is 37.6 Å². The molecule has 0 spiro atoms. The van der Waals surface area contributed by atoms with E-state index in [2.05, 4.69) is 17.2 Å². The minimum absolute atomic E-state index is 0. The lowest BCUT2D eigenvalue weighted by Gasteiger charge is -2.32. The molecule has 23 heavy (non-hydrogen) atoms. The van der Waals surface area contributed by atoms with Gasteiger partial charge in [-0.3, -0.25) is 9.78 Å². The quantitative estimate of drug-likeness (QED) is 0.920. The summed E-state index contributed by atoms with van der Waals surface area (Å²) >= 11 is 0. The zero-order valence-electron chi connectivity index (χ0n) is 13.5. The number of pyridine rings is 1. The number of rotatable bonds is 2. The fraction of sp³-hybridized carbons (Fsp3) is 0.333. The highest BCUT2D eigenvalue weighted by Gasteiger charge is 2.23. The van der Waals surface area contributed by atoms with E-state index in [1.165, 1.54) is 0 Å². The maximum atomic E-state index is 12.8. The van der Waals surface area contributed by atoms with Crippen LogP contribution in [-0.2, 0) is 0 Å². The minimum Gasteiger partial charge on any atom is -0.336 e. The Kier molecular flexibility index (Phi) is 5.74. The van der Waals surface area contributed by atoms with E-state index in [0.29, 0.717) is 6.04 Å². The molecule has 0 aliphatic carbocycles. The Morgan fingerprint density at radius 1 is 1.26 bits per heavy atom. The fourth-order valence-corrected chi connectivity index (χ4v) is 2.95. The lowest BCUT2D eigenvalue weighted by molar-refractivity contribution is 0.0708. The van der Waals surface area contributed by atoms with E-state index in [4.69, 9.17) is 0 Å². The second-order valence-corrected chi connectivity index (χ2v) is 5.80. The zero-order chi connectivity index (χ0) is 15.5. The van der Waals surface area contributed by atoms with Crippen LogP contribution in [0.5, 0.6) is 0 Å². The van der Waals surface area contributed by atoms with Gasteiger partial charge in [0.05, 0.1) is 5.69 Å². The highest BCUT2D eigenvalue weighted by atomic mass is 35.5. The number of aromatic nitrogens is 1. The highest BCUT2D eigenvalue weighted by Crippen LogP contribution is 2.25. The van der Waals surface area contributed by atoms with Gasteiger partial charge in [-0.1, -0.05) is 18.2 Å². The topological polar surface area (TPSA) is 45.2 Å². The molecule has 0 bridgehead atoms. The molecule has 3 rings (SSSR count). The van der Waals surface area contributed by atoms with Gasteiger partial charge in [0.1, 0.15) is 0 Å². The van der Waals surface area contributed by atoms with E-state index >= 15 is 0 Å². The largest absolute Gasteiger partial charge is 0.336 e. The summed E-state index contributed by atoms with van der Waals surface area (Å²) in [6.45, 7) is 6.48. The third-order valence-electron chi connectivity index (χ3n) is 4.16. The van der Waals surface area contributed by atoms with E-state index in [1.807, 2.05) is 48.2 Å². The van der Waals surface area contributed by atoms with Crippen molar-refractivity contribution in [2.75, 3.05) is 19.6 Å². The summed E-state index contributed by atoms with van der Waals surface area (Å²) in [5, 5.41) is 3.37.